The number of H-pyrrole nitrogens is 1. The fourth-order valence-electron chi connectivity index (χ4n) is 3.47. The van der Waals surface area contributed by atoms with Crippen LogP contribution in [-0.2, 0) is 24.3 Å². The summed E-state index contributed by atoms with van der Waals surface area (Å²) in [7, 11) is 0. The zero-order chi connectivity index (χ0) is 22.9. The molecular weight excluding hydrogens is 412 g/mol. The summed E-state index contributed by atoms with van der Waals surface area (Å²) in [6.07, 6.45) is 0.745. The molecule has 0 atom stereocenters. The zero-order valence-corrected chi connectivity index (χ0v) is 18.5. The molecule has 9 heteroatoms. The Labute approximate surface area is 184 Å². The molecule has 0 radical (unpaired) electrons. The highest BCUT2D eigenvalue weighted by atomic mass is 19.3. The molecule has 0 amide bonds. The van der Waals surface area contributed by atoms with Crippen molar-refractivity contribution in [3.05, 3.63) is 76.9 Å². The molecule has 2 heterocycles. The Hall–Kier alpha value is -3.49. The largest absolute Gasteiger partial charge is 0.305 e. The lowest BCUT2D eigenvalue weighted by molar-refractivity contribution is 0.00753. The molecule has 0 aliphatic carbocycles. The maximum absolute atomic E-state index is 13.8. The second-order valence-electron chi connectivity index (χ2n) is 8.98. The van der Waals surface area contributed by atoms with Gasteiger partial charge in [0.15, 0.2) is 0 Å². The minimum atomic E-state index is -3.08. The highest BCUT2D eigenvalue weighted by Crippen LogP contribution is 2.28. The van der Waals surface area contributed by atoms with E-state index in [2.05, 4.69) is 36.8 Å². The molecule has 0 bridgehead atoms. The molecule has 0 saturated heterocycles. The van der Waals surface area contributed by atoms with Gasteiger partial charge in [-0.25, -0.2) is 9.67 Å². The van der Waals surface area contributed by atoms with E-state index >= 15 is 0 Å². The van der Waals surface area contributed by atoms with Crippen LogP contribution in [0.25, 0.3) is 11.4 Å². The van der Waals surface area contributed by atoms with Crippen LogP contribution in [0.2, 0.25) is 0 Å². The number of benzene rings is 2. The predicted molar refractivity (Wildman–Crippen MR) is 116 cm³/mol. The van der Waals surface area contributed by atoms with E-state index in [1.165, 1.54) is 0 Å². The lowest BCUT2D eigenvalue weighted by atomic mass is 9.95. The Morgan fingerprint density at radius 1 is 0.938 bits per heavy atom. The van der Waals surface area contributed by atoms with Gasteiger partial charge in [-0.05, 0) is 34.4 Å². The molecule has 32 heavy (non-hydrogen) atoms. The first kappa shape index (κ1) is 21.7. The van der Waals surface area contributed by atoms with Crippen LogP contribution >= 0.6 is 0 Å². The van der Waals surface area contributed by atoms with E-state index in [0.29, 0.717) is 18.2 Å². The fourth-order valence-corrected chi connectivity index (χ4v) is 3.47. The highest BCUT2D eigenvalue weighted by molar-refractivity contribution is 5.55. The number of hydrogen-bond donors (Lipinski definition) is 1. The summed E-state index contributed by atoms with van der Waals surface area (Å²) in [4.78, 5) is 4.14. The minimum Gasteiger partial charge on any atom is -0.245 e. The summed E-state index contributed by atoms with van der Waals surface area (Å²) >= 11 is 0. The van der Waals surface area contributed by atoms with Crippen molar-refractivity contribution in [1.29, 1.82) is 0 Å². The van der Waals surface area contributed by atoms with E-state index < -0.39 is 17.2 Å². The zero-order valence-electron chi connectivity index (χ0n) is 18.5. The van der Waals surface area contributed by atoms with Crippen LogP contribution in [0.1, 0.15) is 56.0 Å². The number of hydrogen-bond acceptors (Lipinski definition) is 5. The van der Waals surface area contributed by atoms with Crippen LogP contribution in [0.5, 0.6) is 0 Å². The number of tetrazole rings is 1. The van der Waals surface area contributed by atoms with Crippen LogP contribution in [0.15, 0.2) is 48.5 Å². The molecule has 0 saturated carbocycles. The van der Waals surface area contributed by atoms with E-state index in [9.17, 15) is 8.78 Å². The van der Waals surface area contributed by atoms with E-state index in [0.717, 1.165) is 35.6 Å². The van der Waals surface area contributed by atoms with E-state index in [-0.39, 0.29) is 0 Å². The van der Waals surface area contributed by atoms with Gasteiger partial charge >= 0.3 is 5.92 Å². The molecular formula is C23H25F2N7. The van der Waals surface area contributed by atoms with Gasteiger partial charge in [0.1, 0.15) is 5.82 Å². The fraction of sp³-hybridized carbons (Fsp3) is 0.348. The number of aromatic nitrogens is 7. The average Bonchev–Trinajstić information content (AvgIpc) is 3.39. The molecule has 0 aliphatic rings. The van der Waals surface area contributed by atoms with Gasteiger partial charge in [0.25, 0.3) is 0 Å². The van der Waals surface area contributed by atoms with Crippen molar-refractivity contribution >= 4 is 0 Å². The van der Waals surface area contributed by atoms with Gasteiger partial charge in [-0.15, -0.1) is 15.3 Å². The van der Waals surface area contributed by atoms with Crippen molar-refractivity contribution in [3.63, 3.8) is 0 Å². The molecule has 0 aliphatic heterocycles. The first-order valence-electron chi connectivity index (χ1n) is 10.3. The van der Waals surface area contributed by atoms with Crippen molar-refractivity contribution in [2.45, 2.75) is 52.0 Å². The molecule has 166 valence electrons. The van der Waals surface area contributed by atoms with Crippen LogP contribution in [0.3, 0.4) is 0 Å². The second kappa shape index (κ2) is 8.22. The molecule has 7 nitrogen and oxygen atoms in total. The Balaban J connectivity index is 1.52. The van der Waals surface area contributed by atoms with Crippen molar-refractivity contribution in [1.82, 2.24) is 35.4 Å². The number of aromatic amines is 1. The Kier molecular flexibility index (Phi) is 5.58. The van der Waals surface area contributed by atoms with Crippen molar-refractivity contribution in [2.24, 2.45) is 0 Å². The second-order valence-corrected chi connectivity index (χ2v) is 8.98. The summed E-state index contributed by atoms with van der Waals surface area (Å²) in [6.45, 7) is 7.02. The third-order valence-electron chi connectivity index (χ3n) is 5.03. The first-order valence-corrected chi connectivity index (χ1v) is 10.3. The van der Waals surface area contributed by atoms with Gasteiger partial charge in [0, 0.05) is 17.9 Å². The summed E-state index contributed by atoms with van der Waals surface area (Å²) in [6, 6.07) is 16.1. The summed E-state index contributed by atoms with van der Waals surface area (Å²) < 4.78 is 29.2. The van der Waals surface area contributed by atoms with E-state index in [1.54, 1.807) is 4.68 Å². The van der Waals surface area contributed by atoms with E-state index in [4.69, 9.17) is 0 Å². The van der Waals surface area contributed by atoms with Gasteiger partial charge in [0.2, 0.25) is 11.6 Å². The van der Waals surface area contributed by atoms with Gasteiger partial charge < -0.3 is 0 Å². The number of alkyl halides is 2. The molecule has 4 aromatic rings. The topological polar surface area (TPSA) is 85.2 Å². The van der Waals surface area contributed by atoms with Crippen molar-refractivity contribution in [3.8, 4) is 11.4 Å². The lowest BCUT2D eigenvalue weighted by Crippen LogP contribution is -2.20. The lowest BCUT2D eigenvalue weighted by Gasteiger charge is -2.18. The third-order valence-corrected chi connectivity index (χ3v) is 5.03. The standard InChI is InChI=1S/C23H25F2N7/c1-22(2,3)21-26-20(23(4,24)25)29-32(21)14-16-10-8-15(9-11-16)12-17-6-5-7-18(13-17)19-27-30-31-28-19/h5-11,13H,12,14H2,1-4H3,(H,27,28,30,31). The van der Waals surface area contributed by atoms with Crippen LogP contribution in [-0.4, -0.2) is 35.4 Å². The molecule has 0 unspecified atom stereocenters. The molecule has 1 N–H and O–H groups in total. The summed E-state index contributed by atoms with van der Waals surface area (Å²) in [5.74, 6) is -2.43. The summed E-state index contributed by atoms with van der Waals surface area (Å²) in [5, 5.41) is 18.2. The maximum atomic E-state index is 13.8. The van der Waals surface area contributed by atoms with Crippen molar-refractivity contribution in [2.75, 3.05) is 0 Å². The Morgan fingerprint density at radius 3 is 2.28 bits per heavy atom. The first-order chi connectivity index (χ1) is 15.1. The smallest absolute Gasteiger partial charge is 0.245 e. The number of nitrogens with one attached hydrogen (secondary N) is 1. The van der Waals surface area contributed by atoms with Gasteiger partial charge in [-0.2, -0.15) is 14.0 Å². The van der Waals surface area contributed by atoms with Gasteiger partial charge in [-0.3, -0.25) is 0 Å². The minimum absolute atomic E-state index is 0.378. The van der Waals surface area contributed by atoms with Crippen molar-refractivity contribution < 1.29 is 8.78 Å². The van der Waals surface area contributed by atoms with Crippen LogP contribution in [0, 0.1) is 0 Å². The van der Waals surface area contributed by atoms with Crippen LogP contribution in [0.4, 0.5) is 8.78 Å². The normalized spacial score (nSPS) is 12.3. The predicted octanol–water partition coefficient (Wildman–Crippen LogP) is 4.51. The maximum Gasteiger partial charge on any atom is 0.305 e. The Bertz CT molecular complexity index is 1180. The van der Waals surface area contributed by atoms with Gasteiger partial charge in [-0.1, -0.05) is 63.2 Å². The molecule has 0 fully saturated rings. The Morgan fingerprint density at radius 2 is 1.66 bits per heavy atom. The van der Waals surface area contributed by atoms with Gasteiger partial charge in [0.05, 0.1) is 6.54 Å². The van der Waals surface area contributed by atoms with E-state index in [1.807, 2.05) is 63.2 Å². The quantitative estimate of drug-likeness (QED) is 0.480. The molecule has 2 aromatic carbocycles. The van der Waals surface area contributed by atoms with Crippen LogP contribution < -0.4 is 0 Å². The third kappa shape index (κ3) is 4.87. The number of halogens is 2. The summed E-state index contributed by atoms with van der Waals surface area (Å²) in [5.41, 5.74) is 3.73. The number of rotatable bonds is 6. The molecule has 0 spiro atoms. The monoisotopic (exact) mass is 437 g/mol. The molecule has 4 rings (SSSR count). The number of nitrogens with zero attached hydrogens (tertiary/aromatic N) is 6. The highest BCUT2D eigenvalue weighted by Gasteiger charge is 2.33. The molecule has 2 aromatic heterocycles. The SMILES string of the molecule is CC(C)(C)c1nc(C(C)(F)F)nn1Cc1ccc(Cc2cccc(-c3nn[nH]n3)c2)cc1. The average molecular weight is 437 g/mol.